The molecule has 1 fully saturated rings. The molecule has 4 rings (SSSR count). The number of amides is 2. The summed E-state index contributed by atoms with van der Waals surface area (Å²) >= 11 is 1.58. The van der Waals surface area contributed by atoms with E-state index in [4.69, 9.17) is 0 Å². The van der Waals surface area contributed by atoms with Crippen LogP contribution in [0, 0.1) is 12.8 Å². The second kappa shape index (κ2) is 9.08. The number of nitrogens with one attached hydrogen (secondary N) is 3. The van der Waals surface area contributed by atoms with Crippen molar-refractivity contribution >= 4 is 35.0 Å². The lowest BCUT2D eigenvalue weighted by Gasteiger charge is -2.21. The second-order valence-corrected chi connectivity index (χ2v) is 9.31. The number of aromatic nitrogens is 1. The Kier molecular flexibility index (Phi) is 6.27. The first-order valence-corrected chi connectivity index (χ1v) is 11.5. The number of aryl methyl sites for hydroxylation is 1. The number of thioether (sulfide) groups is 1. The molecule has 0 spiro atoms. The first-order chi connectivity index (χ1) is 14.5. The quantitative estimate of drug-likeness (QED) is 0.636. The van der Waals surface area contributed by atoms with Crippen molar-refractivity contribution in [1.29, 1.82) is 0 Å². The molecule has 2 amide bonds. The number of carbonyl (C=O) groups is 2. The van der Waals surface area contributed by atoms with Gasteiger partial charge in [0.2, 0.25) is 11.8 Å². The van der Waals surface area contributed by atoms with Gasteiger partial charge in [-0.15, -0.1) is 0 Å². The van der Waals surface area contributed by atoms with Gasteiger partial charge in [0.15, 0.2) is 5.50 Å². The molecule has 0 radical (unpaired) electrons. The molecular formula is C23H28N4O2S. The highest BCUT2D eigenvalue weighted by Gasteiger charge is 2.22. The molecule has 2 heterocycles. The molecule has 1 atom stereocenters. The number of fused-ring (bicyclic) bond motifs is 1. The summed E-state index contributed by atoms with van der Waals surface area (Å²) in [6.07, 6.45) is 8.52. The van der Waals surface area contributed by atoms with E-state index in [2.05, 4.69) is 27.0 Å². The van der Waals surface area contributed by atoms with Crippen molar-refractivity contribution in [2.45, 2.75) is 62.8 Å². The van der Waals surface area contributed by atoms with Gasteiger partial charge < -0.3 is 16.0 Å². The third-order valence-electron chi connectivity index (χ3n) is 5.74. The van der Waals surface area contributed by atoms with Crippen molar-refractivity contribution in [2.75, 3.05) is 10.6 Å². The first-order valence-electron chi connectivity index (χ1n) is 10.6. The summed E-state index contributed by atoms with van der Waals surface area (Å²) in [5, 5.41) is 9.24. The average molecular weight is 425 g/mol. The Hall–Kier alpha value is -2.54. The van der Waals surface area contributed by atoms with Crippen molar-refractivity contribution in [1.82, 2.24) is 10.3 Å². The zero-order valence-corrected chi connectivity index (χ0v) is 18.3. The van der Waals surface area contributed by atoms with Gasteiger partial charge in [0.25, 0.3) is 0 Å². The predicted octanol–water partition coefficient (Wildman–Crippen LogP) is 4.90. The highest BCUT2D eigenvalue weighted by Crippen LogP contribution is 2.40. The normalized spacial score (nSPS) is 18.4. The SMILES string of the molecule is CC(=O)NC1Nc2ccc(-c3cnc(C)c(NC(=O)CC4CCCCC4)c3)cc2S1. The maximum Gasteiger partial charge on any atom is 0.224 e. The number of benzene rings is 1. The van der Waals surface area contributed by atoms with E-state index >= 15 is 0 Å². The van der Waals surface area contributed by atoms with Gasteiger partial charge in [0.1, 0.15) is 0 Å². The first kappa shape index (κ1) is 20.7. The number of nitrogens with zero attached hydrogens (tertiary/aromatic N) is 1. The summed E-state index contributed by atoms with van der Waals surface area (Å²) in [5.74, 6) is 0.521. The van der Waals surface area contributed by atoms with Crippen LogP contribution in [0.25, 0.3) is 11.1 Å². The molecule has 3 N–H and O–H groups in total. The van der Waals surface area contributed by atoms with Crippen LogP contribution in [0.4, 0.5) is 11.4 Å². The van der Waals surface area contributed by atoms with E-state index in [1.165, 1.54) is 26.2 Å². The van der Waals surface area contributed by atoms with E-state index in [1.807, 2.05) is 31.3 Å². The lowest BCUT2D eigenvalue weighted by Crippen LogP contribution is -2.33. The van der Waals surface area contributed by atoms with Crippen LogP contribution in [-0.2, 0) is 9.59 Å². The standard InChI is InChI=1S/C23H28N4O2S/c1-14-20(26-22(29)10-16-6-4-3-5-7-16)11-18(13-24-14)17-8-9-19-21(12-17)30-23(27-19)25-15(2)28/h8-9,11-13,16,23,27H,3-7,10H2,1-2H3,(H,25,28)(H,26,29). The van der Waals surface area contributed by atoms with Gasteiger partial charge in [0, 0.05) is 30.0 Å². The summed E-state index contributed by atoms with van der Waals surface area (Å²) in [5.41, 5.74) is 4.43. The van der Waals surface area contributed by atoms with Crippen LogP contribution in [0.3, 0.4) is 0 Å². The van der Waals surface area contributed by atoms with Gasteiger partial charge in [-0.1, -0.05) is 37.1 Å². The van der Waals surface area contributed by atoms with Crippen LogP contribution in [-0.4, -0.2) is 22.3 Å². The molecule has 2 aromatic rings. The molecule has 1 aromatic heterocycles. The summed E-state index contributed by atoms with van der Waals surface area (Å²) in [4.78, 5) is 29.5. The fourth-order valence-corrected chi connectivity index (χ4v) is 5.25. The second-order valence-electron chi connectivity index (χ2n) is 8.17. The van der Waals surface area contributed by atoms with Crippen molar-refractivity contribution < 1.29 is 9.59 Å². The summed E-state index contributed by atoms with van der Waals surface area (Å²) in [6.45, 7) is 3.43. The van der Waals surface area contributed by atoms with Crippen molar-refractivity contribution in [3.05, 3.63) is 36.2 Å². The Morgan fingerprint density at radius 1 is 1.17 bits per heavy atom. The Bertz CT molecular complexity index is 956. The summed E-state index contributed by atoms with van der Waals surface area (Å²) < 4.78 is 0. The molecule has 1 saturated carbocycles. The molecule has 6 nitrogen and oxygen atoms in total. The minimum Gasteiger partial charge on any atom is -0.356 e. The van der Waals surface area contributed by atoms with Crippen LogP contribution < -0.4 is 16.0 Å². The highest BCUT2D eigenvalue weighted by molar-refractivity contribution is 8.00. The molecule has 0 saturated heterocycles. The molecule has 158 valence electrons. The number of rotatable bonds is 5. The van der Waals surface area contributed by atoms with Crippen molar-refractivity contribution in [3.8, 4) is 11.1 Å². The third kappa shape index (κ3) is 4.95. The van der Waals surface area contributed by atoms with E-state index in [1.54, 1.807) is 11.8 Å². The summed E-state index contributed by atoms with van der Waals surface area (Å²) in [7, 11) is 0. The molecule has 1 aliphatic carbocycles. The zero-order chi connectivity index (χ0) is 21.1. The number of hydrogen-bond acceptors (Lipinski definition) is 5. The molecule has 1 aromatic carbocycles. The summed E-state index contributed by atoms with van der Waals surface area (Å²) in [6, 6.07) is 8.14. The van der Waals surface area contributed by atoms with Gasteiger partial charge in [-0.05, 0) is 49.4 Å². The van der Waals surface area contributed by atoms with Gasteiger partial charge in [-0.3, -0.25) is 14.6 Å². The minimum atomic E-state index is -0.154. The van der Waals surface area contributed by atoms with Gasteiger partial charge in [-0.2, -0.15) is 0 Å². The predicted molar refractivity (Wildman–Crippen MR) is 121 cm³/mol. The molecule has 0 bridgehead atoms. The van der Waals surface area contributed by atoms with E-state index < -0.39 is 0 Å². The number of pyridine rings is 1. The highest BCUT2D eigenvalue weighted by atomic mass is 32.2. The maximum absolute atomic E-state index is 12.6. The number of carbonyl (C=O) groups excluding carboxylic acids is 2. The molecule has 1 aliphatic heterocycles. The molecule has 1 unspecified atom stereocenters. The van der Waals surface area contributed by atoms with E-state index in [-0.39, 0.29) is 17.3 Å². The van der Waals surface area contributed by atoms with Crippen LogP contribution in [0.15, 0.2) is 35.4 Å². The Morgan fingerprint density at radius 2 is 1.97 bits per heavy atom. The van der Waals surface area contributed by atoms with E-state index in [9.17, 15) is 9.59 Å². The topological polar surface area (TPSA) is 83.1 Å². The fourth-order valence-electron chi connectivity index (χ4n) is 4.14. The van der Waals surface area contributed by atoms with Gasteiger partial charge in [0.05, 0.1) is 17.1 Å². The van der Waals surface area contributed by atoms with Crippen LogP contribution in [0.1, 0.15) is 51.1 Å². The Morgan fingerprint density at radius 3 is 2.73 bits per heavy atom. The number of anilines is 2. The molecule has 2 aliphatic rings. The lowest BCUT2D eigenvalue weighted by molar-refractivity contribution is -0.119. The van der Waals surface area contributed by atoms with E-state index in [0.717, 1.165) is 45.9 Å². The third-order valence-corrected chi connectivity index (χ3v) is 6.80. The number of hydrogen-bond donors (Lipinski definition) is 3. The minimum absolute atomic E-state index is 0.0654. The van der Waals surface area contributed by atoms with Gasteiger partial charge in [-0.25, -0.2) is 0 Å². The smallest absolute Gasteiger partial charge is 0.224 e. The van der Waals surface area contributed by atoms with Crippen molar-refractivity contribution in [2.24, 2.45) is 5.92 Å². The molecule has 30 heavy (non-hydrogen) atoms. The van der Waals surface area contributed by atoms with Crippen LogP contribution in [0.2, 0.25) is 0 Å². The Balaban J connectivity index is 1.47. The maximum atomic E-state index is 12.6. The van der Waals surface area contributed by atoms with Crippen molar-refractivity contribution in [3.63, 3.8) is 0 Å². The fraction of sp³-hybridized carbons (Fsp3) is 0.435. The lowest BCUT2D eigenvalue weighted by atomic mass is 9.87. The van der Waals surface area contributed by atoms with Crippen LogP contribution >= 0.6 is 11.8 Å². The molecular weight excluding hydrogens is 396 g/mol. The van der Waals surface area contributed by atoms with Gasteiger partial charge >= 0.3 is 0 Å². The average Bonchev–Trinajstić information content (AvgIpc) is 3.11. The van der Waals surface area contributed by atoms with E-state index in [0.29, 0.717) is 12.3 Å². The zero-order valence-electron chi connectivity index (χ0n) is 17.5. The monoisotopic (exact) mass is 424 g/mol. The van der Waals surface area contributed by atoms with Crippen LogP contribution in [0.5, 0.6) is 0 Å². The Labute approximate surface area is 181 Å². The molecule has 7 heteroatoms. The largest absolute Gasteiger partial charge is 0.356 e.